The Balaban J connectivity index is 2.11. The Morgan fingerprint density at radius 3 is 2.88 bits per heavy atom. The molecule has 0 unspecified atom stereocenters. The highest BCUT2D eigenvalue weighted by Crippen LogP contribution is 2.37. The molecule has 0 aliphatic heterocycles. The molecule has 1 heterocycles. The molecule has 5 nitrogen and oxygen atoms in total. The summed E-state index contributed by atoms with van der Waals surface area (Å²) < 4.78 is 0. The van der Waals surface area contributed by atoms with Crippen molar-refractivity contribution >= 4 is 5.82 Å². The summed E-state index contributed by atoms with van der Waals surface area (Å²) in [6, 6.07) is 1.47. The molecule has 0 aromatic carbocycles. The van der Waals surface area contributed by atoms with Crippen LogP contribution in [-0.2, 0) is 0 Å². The smallest absolute Gasteiger partial charge is 0.252 e. The van der Waals surface area contributed by atoms with Crippen LogP contribution >= 0.6 is 0 Å². The van der Waals surface area contributed by atoms with Gasteiger partial charge >= 0.3 is 0 Å². The van der Waals surface area contributed by atoms with E-state index in [2.05, 4.69) is 15.3 Å². The quantitative estimate of drug-likeness (QED) is 0.703. The summed E-state index contributed by atoms with van der Waals surface area (Å²) in [4.78, 5) is 18.5. The van der Waals surface area contributed by atoms with Gasteiger partial charge in [-0.3, -0.25) is 4.79 Å². The van der Waals surface area contributed by atoms with Crippen LogP contribution in [0.3, 0.4) is 0 Å². The van der Waals surface area contributed by atoms with Crippen LogP contribution in [0.1, 0.15) is 38.4 Å². The third kappa shape index (κ3) is 3.06. The fourth-order valence-electron chi connectivity index (χ4n) is 1.44. The van der Waals surface area contributed by atoms with E-state index >= 15 is 0 Å². The van der Waals surface area contributed by atoms with Gasteiger partial charge in [-0.1, -0.05) is 0 Å². The molecule has 0 amide bonds. The zero-order chi connectivity index (χ0) is 11.8. The van der Waals surface area contributed by atoms with Crippen LogP contribution in [0.4, 0.5) is 5.82 Å². The van der Waals surface area contributed by atoms with Crippen molar-refractivity contribution < 1.29 is 0 Å². The first-order valence-electron chi connectivity index (χ1n) is 5.58. The highest BCUT2D eigenvalue weighted by Gasteiger charge is 2.26. The first kappa shape index (κ1) is 11.1. The van der Waals surface area contributed by atoms with Crippen molar-refractivity contribution in [3.05, 3.63) is 22.2 Å². The van der Waals surface area contributed by atoms with Crippen LogP contribution in [0.15, 0.2) is 10.9 Å². The number of rotatable bonds is 4. The van der Waals surface area contributed by atoms with Gasteiger partial charge in [-0.2, -0.15) is 0 Å². The van der Waals surface area contributed by atoms with Gasteiger partial charge in [-0.15, -0.1) is 0 Å². The number of H-pyrrole nitrogens is 1. The molecule has 1 aliphatic rings. The van der Waals surface area contributed by atoms with Gasteiger partial charge in [-0.25, -0.2) is 4.98 Å². The zero-order valence-corrected chi connectivity index (χ0v) is 9.71. The predicted octanol–water partition coefficient (Wildman–Crippen LogP) is 0.796. The molecule has 0 radical (unpaired) electrons. The summed E-state index contributed by atoms with van der Waals surface area (Å²) in [6.45, 7) is 4.44. The maximum absolute atomic E-state index is 11.4. The monoisotopic (exact) mass is 222 g/mol. The van der Waals surface area contributed by atoms with E-state index in [0.29, 0.717) is 18.3 Å². The minimum Gasteiger partial charge on any atom is -0.368 e. The highest BCUT2D eigenvalue weighted by molar-refractivity contribution is 5.34. The highest BCUT2D eigenvalue weighted by atomic mass is 16.1. The normalized spacial score (nSPS) is 16.2. The third-order valence-corrected chi connectivity index (χ3v) is 2.45. The largest absolute Gasteiger partial charge is 0.368 e. The standard InChI is InChI=1S/C11H18N4O/c1-11(2,12)6-13-8-5-9(16)15-10(14-8)7-3-4-7/h5,7H,3-4,6,12H2,1-2H3,(H2,13,14,15,16). The summed E-state index contributed by atoms with van der Waals surface area (Å²) in [5.74, 6) is 1.86. The van der Waals surface area contributed by atoms with Gasteiger partial charge in [0.2, 0.25) is 0 Å². The number of nitrogens with two attached hydrogens (primary N) is 1. The Hall–Kier alpha value is -1.36. The molecular formula is C11H18N4O. The number of hydrogen-bond donors (Lipinski definition) is 3. The molecule has 5 heteroatoms. The molecule has 1 aliphatic carbocycles. The maximum Gasteiger partial charge on any atom is 0.252 e. The maximum atomic E-state index is 11.4. The van der Waals surface area contributed by atoms with Crippen LogP contribution < -0.4 is 16.6 Å². The Labute approximate surface area is 94.5 Å². The minimum absolute atomic E-state index is 0.103. The Bertz CT molecular complexity index is 428. The summed E-state index contributed by atoms with van der Waals surface area (Å²) in [6.07, 6.45) is 2.24. The molecule has 1 aromatic heterocycles. The number of nitrogens with zero attached hydrogens (tertiary/aromatic N) is 1. The van der Waals surface area contributed by atoms with Crippen LogP contribution in [0.2, 0.25) is 0 Å². The van der Waals surface area contributed by atoms with E-state index in [0.717, 1.165) is 18.7 Å². The number of hydrogen-bond acceptors (Lipinski definition) is 4. The number of aromatic nitrogens is 2. The van der Waals surface area contributed by atoms with Gasteiger partial charge < -0.3 is 16.0 Å². The third-order valence-electron chi connectivity index (χ3n) is 2.45. The molecule has 2 rings (SSSR count). The lowest BCUT2D eigenvalue weighted by atomic mass is 10.1. The molecule has 0 bridgehead atoms. The average Bonchev–Trinajstić information content (AvgIpc) is 2.95. The van der Waals surface area contributed by atoms with Crippen LogP contribution in [0.5, 0.6) is 0 Å². The van der Waals surface area contributed by atoms with Crippen molar-refractivity contribution in [2.45, 2.75) is 38.1 Å². The first-order valence-corrected chi connectivity index (χ1v) is 5.58. The summed E-state index contributed by atoms with van der Waals surface area (Å²) >= 11 is 0. The molecule has 1 saturated carbocycles. The van der Waals surface area contributed by atoms with E-state index in [-0.39, 0.29) is 11.1 Å². The summed E-state index contributed by atoms with van der Waals surface area (Å²) in [7, 11) is 0. The van der Waals surface area contributed by atoms with Crippen LogP contribution in [0.25, 0.3) is 0 Å². The van der Waals surface area contributed by atoms with E-state index in [9.17, 15) is 4.79 Å². The number of nitrogens with one attached hydrogen (secondary N) is 2. The fourth-order valence-corrected chi connectivity index (χ4v) is 1.44. The number of aromatic amines is 1. The van der Waals surface area contributed by atoms with E-state index < -0.39 is 0 Å². The SMILES string of the molecule is CC(C)(N)CNc1cc(=O)[nH]c(C2CC2)n1. The van der Waals surface area contributed by atoms with Crippen LogP contribution in [-0.4, -0.2) is 22.1 Å². The van der Waals surface area contributed by atoms with Crippen molar-refractivity contribution in [2.75, 3.05) is 11.9 Å². The lowest BCUT2D eigenvalue weighted by molar-refractivity contribution is 0.548. The molecular weight excluding hydrogens is 204 g/mol. The van der Waals surface area contributed by atoms with Gasteiger partial charge in [0, 0.05) is 24.1 Å². The van der Waals surface area contributed by atoms with Crippen LogP contribution in [0, 0.1) is 0 Å². The van der Waals surface area contributed by atoms with Gasteiger partial charge in [0.15, 0.2) is 0 Å². The van der Waals surface area contributed by atoms with E-state index in [1.807, 2.05) is 13.8 Å². The molecule has 0 saturated heterocycles. The van der Waals surface area contributed by atoms with Gasteiger partial charge in [0.1, 0.15) is 11.6 Å². The van der Waals surface area contributed by atoms with E-state index in [1.165, 1.54) is 6.07 Å². The topological polar surface area (TPSA) is 83.8 Å². The molecule has 4 N–H and O–H groups in total. The Morgan fingerprint density at radius 2 is 2.31 bits per heavy atom. The Kier molecular flexibility index (Phi) is 2.71. The van der Waals surface area contributed by atoms with Crippen molar-refractivity contribution in [2.24, 2.45) is 5.73 Å². The molecule has 88 valence electrons. The van der Waals surface area contributed by atoms with Crippen molar-refractivity contribution in [1.82, 2.24) is 9.97 Å². The molecule has 1 aromatic rings. The van der Waals surface area contributed by atoms with Gasteiger partial charge in [0.25, 0.3) is 5.56 Å². The first-order chi connectivity index (χ1) is 7.44. The average molecular weight is 222 g/mol. The minimum atomic E-state index is -0.315. The second-order valence-electron chi connectivity index (χ2n) is 5.13. The van der Waals surface area contributed by atoms with E-state index in [1.54, 1.807) is 0 Å². The second-order valence-corrected chi connectivity index (χ2v) is 5.13. The Morgan fingerprint density at radius 1 is 1.62 bits per heavy atom. The van der Waals surface area contributed by atoms with E-state index in [4.69, 9.17) is 5.73 Å². The predicted molar refractivity (Wildman–Crippen MR) is 63.6 cm³/mol. The lowest BCUT2D eigenvalue weighted by Crippen LogP contribution is -2.40. The van der Waals surface area contributed by atoms with Gasteiger partial charge in [0.05, 0.1) is 0 Å². The van der Waals surface area contributed by atoms with Crippen molar-refractivity contribution in [3.63, 3.8) is 0 Å². The molecule has 0 atom stereocenters. The zero-order valence-electron chi connectivity index (χ0n) is 9.71. The number of anilines is 1. The van der Waals surface area contributed by atoms with Gasteiger partial charge in [-0.05, 0) is 26.7 Å². The fraction of sp³-hybridized carbons (Fsp3) is 0.636. The second kappa shape index (κ2) is 3.90. The summed E-state index contributed by atoms with van der Waals surface area (Å²) in [5, 5.41) is 3.09. The lowest BCUT2D eigenvalue weighted by Gasteiger charge is -2.19. The molecule has 1 fully saturated rings. The molecule has 0 spiro atoms. The summed E-state index contributed by atoms with van der Waals surface area (Å²) in [5.41, 5.74) is 5.44. The van der Waals surface area contributed by atoms with Crippen molar-refractivity contribution in [1.29, 1.82) is 0 Å². The molecule has 16 heavy (non-hydrogen) atoms. The van der Waals surface area contributed by atoms with Crippen molar-refractivity contribution in [3.8, 4) is 0 Å².